The summed E-state index contributed by atoms with van der Waals surface area (Å²) in [4.78, 5) is 6.22. The molecule has 0 amide bonds. The lowest BCUT2D eigenvalue weighted by molar-refractivity contribution is -0.139. The third-order valence-electron chi connectivity index (χ3n) is 7.28. The summed E-state index contributed by atoms with van der Waals surface area (Å²) in [6.45, 7) is 1.34. The molecule has 38 heavy (non-hydrogen) atoms. The van der Waals surface area contributed by atoms with Gasteiger partial charge in [0.2, 0.25) is 5.89 Å². The van der Waals surface area contributed by atoms with Crippen molar-refractivity contribution in [2.75, 3.05) is 18.0 Å². The molecule has 1 spiro atoms. The number of fused-ring (bicyclic) bond motifs is 1. The van der Waals surface area contributed by atoms with E-state index in [0.717, 1.165) is 23.9 Å². The van der Waals surface area contributed by atoms with Crippen LogP contribution in [0.25, 0.3) is 11.6 Å². The molecule has 6 rings (SSSR count). The summed E-state index contributed by atoms with van der Waals surface area (Å²) in [6, 6.07) is 11.7. The van der Waals surface area contributed by atoms with E-state index in [0.29, 0.717) is 68.4 Å². The van der Waals surface area contributed by atoms with Crippen molar-refractivity contribution in [3.8, 4) is 17.3 Å². The molecule has 5 heterocycles. The molecule has 196 valence electrons. The predicted molar refractivity (Wildman–Crippen MR) is 132 cm³/mol. The van der Waals surface area contributed by atoms with Crippen molar-refractivity contribution in [2.45, 2.75) is 50.3 Å². The Bertz CT molecular complexity index is 1400. The lowest BCUT2D eigenvalue weighted by atomic mass is 9.82. The Kier molecular flexibility index (Phi) is 6.21. The highest BCUT2D eigenvalue weighted by atomic mass is 19.4. The number of rotatable bonds is 5. The molecule has 0 radical (unpaired) electrons. The average molecular weight is 523 g/mol. The Hall–Kier alpha value is -4.02. The molecule has 0 aliphatic carbocycles. The molecule has 1 fully saturated rings. The first-order chi connectivity index (χ1) is 18.4. The fraction of sp³-hybridized carbons (Fsp3) is 0.370. The topological polar surface area (TPSA) is 90.1 Å². The SMILES string of the molecule is FC(F)(F)c1cccc2c1CCC1(CCN(c3ccc(-c4nnc(CCc5cccnc5)o4)nn3)CC1)O2. The van der Waals surface area contributed by atoms with E-state index < -0.39 is 17.3 Å². The minimum atomic E-state index is -4.38. The van der Waals surface area contributed by atoms with Crippen LogP contribution in [0.4, 0.5) is 19.0 Å². The van der Waals surface area contributed by atoms with E-state index in [2.05, 4.69) is 30.3 Å². The van der Waals surface area contributed by atoms with Crippen molar-refractivity contribution < 1.29 is 22.3 Å². The molecule has 1 saturated heterocycles. The second-order valence-corrected chi connectivity index (χ2v) is 9.69. The lowest BCUT2D eigenvalue weighted by Gasteiger charge is -2.45. The van der Waals surface area contributed by atoms with Gasteiger partial charge in [0.05, 0.1) is 5.56 Å². The highest BCUT2D eigenvalue weighted by Crippen LogP contribution is 2.44. The molecule has 4 aromatic rings. The summed E-state index contributed by atoms with van der Waals surface area (Å²) in [5.74, 6) is 1.90. The first-order valence-corrected chi connectivity index (χ1v) is 12.6. The van der Waals surface area contributed by atoms with Gasteiger partial charge in [0.25, 0.3) is 5.89 Å². The van der Waals surface area contributed by atoms with Gasteiger partial charge in [0.1, 0.15) is 17.0 Å². The van der Waals surface area contributed by atoms with Gasteiger partial charge in [-0.2, -0.15) is 13.2 Å². The molecule has 0 unspecified atom stereocenters. The van der Waals surface area contributed by atoms with Crippen LogP contribution in [0.2, 0.25) is 0 Å². The monoisotopic (exact) mass is 522 g/mol. The first kappa shape index (κ1) is 24.3. The minimum Gasteiger partial charge on any atom is -0.487 e. The Morgan fingerprint density at radius 3 is 2.50 bits per heavy atom. The number of hydrogen-bond acceptors (Lipinski definition) is 8. The molecular weight excluding hydrogens is 497 g/mol. The average Bonchev–Trinajstić information content (AvgIpc) is 3.41. The highest BCUT2D eigenvalue weighted by Gasteiger charge is 2.43. The minimum absolute atomic E-state index is 0.260. The van der Waals surface area contributed by atoms with Gasteiger partial charge in [-0.25, -0.2) is 0 Å². The zero-order valence-corrected chi connectivity index (χ0v) is 20.5. The molecule has 0 N–H and O–H groups in total. The normalized spacial score (nSPS) is 16.8. The number of piperidine rings is 1. The van der Waals surface area contributed by atoms with E-state index in [1.807, 2.05) is 24.4 Å². The van der Waals surface area contributed by atoms with E-state index in [1.54, 1.807) is 18.3 Å². The molecular formula is C27H25F3N6O2. The van der Waals surface area contributed by atoms with Crippen LogP contribution in [-0.4, -0.2) is 44.1 Å². The molecule has 2 aliphatic heterocycles. The number of nitrogens with zero attached hydrogens (tertiary/aromatic N) is 6. The standard InChI is InChI=1S/C27H25F3N6O2/c28-27(29,30)20-4-1-5-22-19(20)10-11-26(38-22)12-15-36(16-13-26)23-8-7-21(32-33-23)25-35-34-24(37-25)9-6-18-3-2-14-31-17-18/h1-5,7-8,14,17H,6,9-13,15-16H2. The fourth-order valence-electron chi connectivity index (χ4n) is 5.18. The number of pyridine rings is 1. The van der Waals surface area contributed by atoms with Gasteiger partial charge in [0.15, 0.2) is 5.82 Å². The van der Waals surface area contributed by atoms with Gasteiger partial charge in [-0.3, -0.25) is 4.98 Å². The Labute approximate surface area is 216 Å². The maximum atomic E-state index is 13.4. The first-order valence-electron chi connectivity index (χ1n) is 12.6. The van der Waals surface area contributed by atoms with E-state index >= 15 is 0 Å². The van der Waals surface area contributed by atoms with Crippen LogP contribution in [0, 0.1) is 0 Å². The highest BCUT2D eigenvalue weighted by molar-refractivity contribution is 5.50. The van der Waals surface area contributed by atoms with Crippen LogP contribution in [0.1, 0.15) is 41.8 Å². The van der Waals surface area contributed by atoms with Crippen molar-refractivity contribution in [1.82, 2.24) is 25.4 Å². The third kappa shape index (κ3) is 4.92. The molecule has 2 aliphatic rings. The van der Waals surface area contributed by atoms with Crippen molar-refractivity contribution >= 4 is 5.82 Å². The largest absolute Gasteiger partial charge is 0.487 e. The summed E-state index contributed by atoms with van der Waals surface area (Å²) >= 11 is 0. The molecule has 0 saturated carbocycles. The molecule has 0 atom stereocenters. The van der Waals surface area contributed by atoms with Gasteiger partial charge >= 0.3 is 6.18 Å². The van der Waals surface area contributed by atoms with Crippen LogP contribution in [0.5, 0.6) is 5.75 Å². The van der Waals surface area contributed by atoms with Crippen molar-refractivity contribution in [3.05, 3.63) is 77.4 Å². The van der Waals surface area contributed by atoms with Crippen molar-refractivity contribution in [2.24, 2.45) is 0 Å². The fourth-order valence-corrected chi connectivity index (χ4v) is 5.18. The number of ether oxygens (including phenoxy) is 1. The number of anilines is 1. The maximum Gasteiger partial charge on any atom is 0.416 e. The van der Waals surface area contributed by atoms with Gasteiger partial charge < -0.3 is 14.1 Å². The Morgan fingerprint density at radius 1 is 0.895 bits per heavy atom. The summed E-state index contributed by atoms with van der Waals surface area (Å²) < 4.78 is 52.2. The quantitative estimate of drug-likeness (QED) is 0.358. The number of hydrogen-bond donors (Lipinski definition) is 0. The molecule has 11 heteroatoms. The van der Waals surface area contributed by atoms with Crippen molar-refractivity contribution in [1.29, 1.82) is 0 Å². The van der Waals surface area contributed by atoms with E-state index in [4.69, 9.17) is 9.15 Å². The van der Waals surface area contributed by atoms with Crippen molar-refractivity contribution in [3.63, 3.8) is 0 Å². The van der Waals surface area contributed by atoms with E-state index in [1.165, 1.54) is 6.07 Å². The van der Waals surface area contributed by atoms with Crippen LogP contribution >= 0.6 is 0 Å². The molecule has 1 aromatic carbocycles. The van der Waals surface area contributed by atoms with Crippen LogP contribution in [0.15, 0.2) is 59.3 Å². The zero-order valence-electron chi connectivity index (χ0n) is 20.5. The van der Waals surface area contributed by atoms with Gasteiger partial charge in [-0.05, 0) is 55.2 Å². The van der Waals surface area contributed by atoms with E-state index in [9.17, 15) is 13.2 Å². The lowest BCUT2D eigenvalue weighted by Crippen LogP contribution is -2.50. The summed E-state index contributed by atoms with van der Waals surface area (Å²) in [7, 11) is 0. The van der Waals surface area contributed by atoms with Gasteiger partial charge in [-0.1, -0.05) is 12.1 Å². The van der Waals surface area contributed by atoms with E-state index in [-0.39, 0.29) is 5.56 Å². The number of alkyl halides is 3. The van der Waals surface area contributed by atoms with Gasteiger partial charge in [0, 0.05) is 50.3 Å². The smallest absolute Gasteiger partial charge is 0.416 e. The second-order valence-electron chi connectivity index (χ2n) is 9.69. The summed E-state index contributed by atoms with van der Waals surface area (Å²) in [5.41, 5.74) is 0.788. The number of aryl methyl sites for hydroxylation is 2. The van der Waals surface area contributed by atoms with Crippen LogP contribution in [0.3, 0.4) is 0 Å². The number of benzene rings is 1. The number of halogens is 3. The van der Waals surface area contributed by atoms with Crippen LogP contribution in [-0.2, 0) is 25.4 Å². The second kappa shape index (κ2) is 9.70. The predicted octanol–water partition coefficient (Wildman–Crippen LogP) is 5.09. The van der Waals surface area contributed by atoms with Crippen LogP contribution < -0.4 is 9.64 Å². The van der Waals surface area contributed by atoms with Gasteiger partial charge in [-0.15, -0.1) is 20.4 Å². The Balaban J connectivity index is 1.07. The zero-order chi connectivity index (χ0) is 26.2. The molecule has 8 nitrogen and oxygen atoms in total. The maximum absolute atomic E-state index is 13.4. The Morgan fingerprint density at radius 2 is 1.76 bits per heavy atom. The number of aromatic nitrogens is 5. The summed E-state index contributed by atoms with van der Waals surface area (Å²) in [6.07, 6.45) is 2.81. The third-order valence-corrected chi connectivity index (χ3v) is 7.28. The molecule has 0 bridgehead atoms. The molecule has 3 aromatic heterocycles. The summed E-state index contributed by atoms with van der Waals surface area (Å²) in [5, 5.41) is 16.9.